The summed E-state index contributed by atoms with van der Waals surface area (Å²) in [7, 11) is 0. The number of nitrogens with zero attached hydrogens (tertiary/aromatic N) is 2. The van der Waals surface area contributed by atoms with Gasteiger partial charge in [0, 0.05) is 11.9 Å². The Balaban J connectivity index is 1.82. The molecule has 0 aliphatic carbocycles. The fraction of sp³-hybridized carbons (Fsp3) is 0.0588. The van der Waals surface area contributed by atoms with Gasteiger partial charge in [0.05, 0.1) is 17.0 Å². The largest absolute Gasteiger partial charge is 0.361 e. The third kappa shape index (κ3) is 2.69. The van der Waals surface area contributed by atoms with Crippen LogP contribution in [-0.4, -0.2) is 11.6 Å². The number of carbonyl (C=O) groups is 1. The highest BCUT2D eigenvalue weighted by Gasteiger charge is 2.28. The molecule has 2 aromatic carbocycles. The van der Waals surface area contributed by atoms with E-state index in [4.69, 9.17) is 0 Å². The fourth-order valence-corrected chi connectivity index (χ4v) is 2.12. The zero-order valence-corrected chi connectivity index (χ0v) is 11.7. The molecule has 0 bridgehead atoms. The maximum atomic E-state index is 12.4. The molecule has 2 aromatic rings. The van der Waals surface area contributed by atoms with Crippen molar-refractivity contribution in [1.82, 2.24) is 0 Å². The molecule has 0 saturated carbocycles. The normalized spacial score (nSPS) is 16.2. The lowest BCUT2D eigenvalue weighted by atomic mass is 10.2. The average Bonchev–Trinajstić information content (AvgIpc) is 2.82. The molecule has 0 atom stereocenters. The van der Waals surface area contributed by atoms with E-state index in [0.29, 0.717) is 11.3 Å². The van der Waals surface area contributed by atoms with Gasteiger partial charge >= 0.3 is 0 Å². The molecule has 0 aromatic heterocycles. The van der Waals surface area contributed by atoms with Crippen molar-refractivity contribution in [3.05, 3.63) is 72.4 Å². The van der Waals surface area contributed by atoms with Gasteiger partial charge in [-0.25, -0.2) is 0 Å². The Morgan fingerprint density at radius 3 is 2.29 bits per heavy atom. The van der Waals surface area contributed by atoms with Crippen LogP contribution in [0.3, 0.4) is 0 Å². The molecular weight excluding hydrogens is 262 g/mol. The van der Waals surface area contributed by atoms with Crippen molar-refractivity contribution in [3.8, 4) is 0 Å². The summed E-state index contributed by atoms with van der Waals surface area (Å²) in [6, 6.07) is 19.1. The predicted molar refractivity (Wildman–Crippen MR) is 85.2 cm³/mol. The van der Waals surface area contributed by atoms with Crippen LogP contribution in [0.1, 0.15) is 6.92 Å². The third-order valence-electron chi connectivity index (χ3n) is 3.22. The number of para-hydroxylation sites is 2. The van der Waals surface area contributed by atoms with Gasteiger partial charge in [0.2, 0.25) is 0 Å². The van der Waals surface area contributed by atoms with E-state index in [1.807, 2.05) is 67.6 Å². The first-order valence-corrected chi connectivity index (χ1v) is 6.72. The van der Waals surface area contributed by atoms with Crippen molar-refractivity contribution >= 4 is 23.0 Å². The third-order valence-corrected chi connectivity index (χ3v) is 3.22. The zero-order chi connectivity index (χ0) is 14.7. The highest BCUT2D eigenvalue weighted by Crippen LogP contribution is 2.23. The van der Waals surface area contributed by atoms with Crippen molar-refractivity contribution in [2.45, 2.75) is 6.92 Å². The maximum absolute atomic E-state index is 12.4. The van der Waals surface area contributed by atoms with Gasteiger partial charge in [-0.05, 0) is 31.2 Å². The average molecular weight is 277 g/mol. The second kappa shape index (κ2) is 5.63. The number of nitrogens with one attached hydrogen (secondary N) is 1. The first-order chi connectivity index (χ1) is 10.3. The number of rotatable bonds is 3. The Kier molecular flexibility index (Phi) is 3.51. The van der Waals surface area contributed by atoms with Crippen LogP contribution in [0.5, 0.6) is 0 Å². The monoisotopic (exact) mass is 277 g/mol. The van der Waals surface area contributed by atoms with E-state index in [1.165, 1.54) is 5.01 Å². The van der Waals surface area contributed by atoms with Crippen LogP contribution in [0.4, 0.5) is 11.4 Å². The molecule has 3 rings (SSSR count). The van der Waals surface area contributed by atoms with Gasteiger partial charge in [0.15, 0.2) is 0 Å². The van der Waals surface area contributed by atoms with Gasteiger partial charge < -0.3 is 5.32 Å². The van der Waals surface area contributed by atoms with E-state index < -0.39 is 0 Å². The van der Waals surface area contributed by atoms with Gasteiger partial charge in [-0.3, -0.25) is 4.79 Å². The minimum atomic E-state index is -0.123. The molecule has 4 nitrogen and oxygen atoms in total. The van der Waals surface area contributed by atoms with E-state index in [2.05, 4.69) is 10.4 Å². The van der Waals surface area contributed by atoms with Crippen LogP contribution < -0.4 is 10.3 Å². The molecule has 1 aliphatic heterocycles. The van der Waals surface area contributed by atoms with E-state index in [0.717, 1.165) is 11.4 Å². The lowest BCUT2D eigenvalue weighted by Crippen LogP contribution is -2.21. The second-order valence-corrected chi connectivity index (χ2v) is 4.71. The van der Waals surface area contributed by atoms with Crippen LogP contribution in [0.25, 0.3) is 0 Å². The van der Waals surface area contributed by atoms with Gasteiger partial charge in [0.1, 0.15) is 0 Å². The van der Waals surface area contributed by atoms with Crippen LogP contribution in [0.2, 0.25) is 0 Å². The Labute approximate surface area is 123 Å². The zero-order valence-electron chi connectivity index (χ0n) is 11.7. The van der Waals surface area contributed by atoms with E-state index in [9.17, 15) is 4.79 Å². The molecule has 1 heterocycles. The molecule has 21 heavy (non-hydrogen) atoms. The molecule has 1 amide bonds. The van der Waals surface area contributed by atoms with Crippen molar-refractivity contribution in [1.29, 1.82) is 0 Å². The minimum absolute atomic E-state index is 0.123. The highest BCUT2D eigenvalue weighted by molar-refractivity contribution is 6.29. The number of hydrazone groups is 1. The van der Waals surface area contributed by atoms with Gasteiger partial charge in [-0.2, -0.15) is 10.1 Å². The van der Waals surface area contributed by atoms with E-state index in [1.54, 1.807) is 6.20 Å². The maximum Gasteiger partial charge on any atom is 0.282 e. The Hall–Kier alpha value is -2.88. The molecule has 0 saturated heterocycles. The van der Waals surface area contributed by atoms with E-state index >= 15 is 0 Å². The molecule has 104 valence electrons. The SMILES string of the molecule is CC1=NN(c2ccccc2)C(=O)/C1=C\Nc1ccccc1. The van der Waals surface area contributed by atoms with Crippen LogP contribution in [-0.2, 0) is 4.79 Å². The van der Waals surface area contributed by atoms with Gasteiger partial charge in [-0.1, -0.05) is 36.4 Å². The molecule has 1 aliphatic rings. The summed E-state index contributed by atoms with van der Waals surface area (Å²) in [6.07, 6.45) is 1.71. The number of hydrogen-bond acceptors (Lipinski definition) is 3. The number of anilines is 2. The molecule has 4 heteroatoms. The molecule has 0 spiro atoms. The Morgan fingerprint density at radius 1 is 1.00 bits per heavy atom. The quantitative estimate of drug-likeness (QED) is 0.874. The molecule has 0 fully saturated rings. The molecule has 0 unspecified atom stereocenters. The fourth-order valence-electron chi connectivity index (χ4n) is 2.12. The smallest absolute Gasteiger partial charge is 0.282 e. The number of hydrogen-bond donors (Lipinski definition) is 1. The van der Waals surface area contributed by atoms with Crippen molar-refractivity contribution in [2.75, 3.05) is 10.3 Å². The van der Waals surface area contributed by atoms with Crippen LogP contribution >= 0.6 is 0 Å². The number of benzene rings is 2. The first-order valence-electron chi connectivity index (χ1n) is 6.72. The van der Waals surface area contributed by atoms with Crippen LogP contribution in [0, 0.1) is 0 Å². The Morgan fingerprint density at radius 2 is 1.62 bits per heavy atom. The topological polar surface area (TPSA) is 44.7 Å². The lowest BCUT2D eigenvalue weighted by molar-refractivity contribution is -0.114. The van der Waals surface area contributed by atoms with Gasteiger partial charge in [-0.15, -0.1) is 0 Å². The van der Waals surface area contributed by atoms with Gasteiger partial charge in [0.25, 0.3) is 5.91 Å². The lowest BCUT2D eigenvalue weighted by Gasteiger charge is -2.11. The minimum Gasteiger partial charge on any atom is -0.361 e. The summed E-state index contributed by atoms with van der Waals surface area (Å²) in [5.41, 5.74) is 2.98. The standard InChI is InChI=1S/C17H15N3O/c1-13-16(12-18-14-8-4-2-5-9-14)17(21)20(19-13)15-10-6-3-7-11-15/h2-12,18H,1H3/b16-12-. The van der Waals surface area contributed by atoms with Crippen molar-refractivity contribution in [2.24, 2.45) is 5.10 Å². The molecule has 1 N–H and O–H groups in total. The van der Waals surface area contributed by atoms with Crippen LogP contribution in [0.15, 0.2) is 77.5 Å². The number of amides is 1. The second-order valence-electron chi connectivity index (χ2n) is 4.71. The summed E-state index contributed by atoms with van der Waals surface area (Å²) < 4.78 is 0. The van der Waals surface area contributed by atoms with E-state index in [-0.39, 0.29) is 5.91 Å². The van der Waals surface area contributed by atoms with Crippen molar-refractivity contribution < 1.29 is 4.79 Å². The Bertz CT molecular complexity index is 705. The predicted octanol–water partition coefficient (Wildman–Crippen LogP) is 3.41. The van der Waals surface area contributed by atoms with Crippen molar-refractivity contribution in [3.63, 3.8) is 0 Å². The number of carbonyl (C=O) groups excluding carboxylic acids is 1. The summed E-state index contributed by atoms with van der Waals surface area (Å²) in [5.74, 6) is -0.123. The highest BCUT2D eigenvalue weighted by atomic mass is 16.2. The molecule has 0 radical (unpaired) electrons. The summed E-state index contributed by atoms with van der Waals surface area (Å²) in [5, 5.41) is 8.88. The first kappa shape index (κ1) is 13.1. The summed E-state index contributed by atoms with van der Waals surface area (Å²) in [4.78, 5) is 12.4. The summed E-state index contributed by atoms with van der Waals surface area (Å²) >= 11 is 0. The molecular formula is C17H15N3O. The summed E-state index contributed by atoms with van der Waals surface area (Å²) in [6.45, 7) is 1.83.